The van der Waals surface area contributed by atoms with Gasteiger partial charge in [0.25, 0.3) is 5.91 Å². The van der Waals surface area contributed by atoms with Crippen LogP contribution in [-0.2, 0) is 0 Å². The van der Waals surface area contributed by atoms with E-state index >= 15 is 0 Å². The van der Waals surface area contributed by atoms with Crippen LogP contribution in [0.1, 0.15) is 22.8 Å². The Morgan fingerprint density at radius 1 is 1.17 bits per heavy atom. The second kappa shape index (κ2) is 9.69. The van der Waals surface area contributed by atoms with Crippen LogP contribution in [0.4, 0.5) is 17.3 Å². The van der Waals surface area contributed by atoms with E-state index < -0.39 is 5.91 Å². The Labute approximate surface area is 212 Å². The van der Waals surface area contributed by atoms with E-state index in [4.69, 9.17) is 27.9 Å². The fourth-order valence-electron chi connectivity index (χ4n) is 4.20. The number of fused-ring (bicyclic) bond motifs is 1. The summed E-state index contributed by atoms with van der Waals surface area (Å²) in [5.41, 5.74) is 2.33. The number of ether oxygens (including phenoxy) is 1. The van der Waals surface area contributed by atoms with Gasteiger partial charge >= 0.3 is 0 Å². The third kappa shape index (κ3) is 4.75. The number of halogens is 2. The summed E-state index contributed by atoms with van der Waals surface area (Å²) in [6.07, 6.45) is 4.35. The number of nitrogens with zero attached hydrogens (tertiary/aromatic N) is 5. The smallest absolute Gasteiger partial charge is 0.262 e. The molecule has 2 aromatic heterocycles. The predicted octanol–water partition coefficient (Wildman–Crippen LogP) is 5.01. The van der Waals surface area contributed by atoms with Gasteiger partial charge in [0.15, 0.2) is 0 Å². The molecule has 180 valence electrons. The number of carbonyl (C=O) groups excluding carboxylic acids is 1. The molecule has 1 atom stereocenters. The summed E-state index contributed by atoms with van der Waals surface area (Å²) < 4.78 is 7.45. The van der Waals surface area contributed by atoms with Gasteiger partial charge in [-0.25, -0.2) is 4.98 Å². The van der Waals surface area contributed by atoms with E-state index in [1.807, 2.05) is 24.4 Å². The highest BCUT2D eigenvalue weighted by Crippen LogP contribution is 2.31. The minimum Gasteiger partial charge on any atom is -0.480 e. The maximum Gasteiger partial charge on any atom is 0.262 e. The highest BCUT2D eigenvalue weighted by atomic mass is 35.5. The molecule has 1 aliphatic heterocycles. The van der Waals surface area contributed by atoms with Gasteiger partial charge in [0.05, 0.1) is 40.6 Å². The van der Waals surface area contributed by atoms with E-state index in [0.717, 1.165) is 36.1 Å². The van der Waals surface area contributed by atoms with Crippen molar-refractivity contribution in [1.29, 1.82) is 0 Å². The standard InChI is InChI=1S/C24H23Cl2N7O2/c1-32-9-8-16(13-32)33-20-7-6-15(10-14(20)11-28-33)29-24-27-12-17(23(31-24)35-2)22(34)30-21-18(25)4-3-5-19(21)26/h3-7,10-12,16H,8-9,13H2,1-2H3,(H,30,34)(H,27,29,31). The second-order valence-corrected chi connectivity index (χ2v) is 9.17. The van der Waals surface area contributed by atoms with Gasteiger partial charge in [-0.3, -0.25) is 9.48 Å². The molecule has 1 aliphatic rings. The molecule has 0 aliphatic carbocycles. The third-order valence-corrected chi connectivity index (χ3v) is 6.59. The molecule has 2 aromatic carbocycles. The lowest BCUT2D eigenvalue weighted by Crippen LogP contribution is -2.17. The van der Waals surface area contributed by atoms with E-state index in [9.17, 15) is 4.79 Å². The van der Waals surface area contributed by atoms with Crippen molar-refractivity contribution in [3.05, 3.63) is 64.4 Å². The van der Waals surface area contributed by atoms with Crippen molar-refractivity contribution in [2.24, 2.45) is 0 Å². The van der Waals surface area contributed by atoms with Crippen LogP contribution in [0.5, 0.6) is 5.88 Å². The summed E-state index contributed by atoms with van der Waals surface area (Å²) in [6, 6.07) is 11.3. The Morgan fingerprint density at radius 2 is 1.97 bits per heavy atom. The van der Waals surface area contributed by atoms with Crippen molar-refractivity contribution >= 4 is 57.3 Å². The van der Waals surface area contributed by atoms with Crippen LogP contribution in [0.2, 0.25) is 10.0 Å². The molecule has 2 N–H and O–H groups in total. The van der Waals surface area contributed by atoms with Gasteiger partial charge in [-0.15, -0.1) is 0 Å². The number of amides is 1. The number of likely N-dealkylation sites (N-methyl/N-ethyl adjacent to an activating group) is 1. The van der Waals surface area contributed by atoms with Crippen LogP contribution in [-0.4, -0.2) is 57.8 Å². The highest BCUT2D eigenvalue weighted by molar-refractivity contribution is 6.40. The topological polar surface area (TPSA) is 97.2 Å². The normalized spacial score (nSPS) is 15.9. The number of aromatic nitrogens is 4. The zero-order valence-corrected chi connectivity index (χ0v) is 20.6. The Balaban J connectivity index is 1.35. The summed E-state index contributed by atoms with van der Waals surface area (Å²) in [5.74, 6) is -0.0875. The maximum atomic E-state index is 12.8. The number of anilines is 3. The Morgan fingerprint density at radius 3 is 2.69 bits per heavy atom. The van der Waals surface area contributed by atoms with Gasteiger partial charge in [-0.2, -0.15) is 10.1 Å². The third-order valence-electron chi connectivity index (χ3n) is 5.96. The number of para-hydroxylation sites is 1. The van der Waals surface area contributed by atoms with E-state index in [0.29, 0.717) is 27.7 Å². The average molecular weight is 512 g/mol. The van der Waals surface area contributed by atoms with Crippen LogP contribution in [0.15, 0.2) is 48.8 Å². The first-order valence-corrected chi connectivity index (χ1v) is 11.8. The van der Waals surface area contributed by atoms with Crippen LogP contribution in [0.25, 0.3) is 10.9 Å². The second-order valence-electron chi connectivity index (χ2n) is 8.36. The molecule has 3 heterocycles. The fraction of sp³-hybridized carbons (Fsp3) is 0.250. The zero-order valence-electron chi connectivity index (χ0n) is 19.1. The lowest BCUT2D eigenvalue weighted by molar-refractivity contribution is 0.102. The number of carbonyl (C=O) groups is 1. The largest absolute Gasteiger partial charge is 0.480 e. The molecule has 5 rings (SSSR count). The molecule has 1 amide bonds. The molecular weight excluding hydrogens is 489 g/mol. The molecule has 9 nitrogen and oxygen atoms in total. The highest BCUT2D eigenvalue weighted by Gasteiger charge is 2.23. The van der Waals surface area contributed by atoms with Gasteiger partial charge in [-0.1, -0.05) is 29.3 Å². The molecular formula is C24H23Cl2N7O2. The van der Waals surface area contributed by atoms with Gasteiger partial charge in [0, 0.05) is 23.8 Å². The first-order chi connectivity index (χ1) is 16.9. The summed E-state index contributed by atoms with van der Waals surface area (Å²) in [6.45, 7) is 2.07. The van der Waals surface area contributed by atoms with Crippen LogP contribution in [0, 0.1) is 0 Å². The summed E-state index contributed by atoms with van der Waals surface area (Å²) in [5, 5.41) is 12.1. The zero-order chi connectivity index (χ0) is 24.5. The molecule has 4 aromatic rings. The number of hydrogen-bond donors (Lipinski definition) is 2. The van der Waals surface area contributed by atoms with E-state index in [-0.39, 0.29) is 11.4 Å². The van der Waals surface area contributed by atoms with Crippen LogP contribution in [0.3, 0.4) is 0 Å². The number of benzene rings is 2. The molecule has 1 unspecified atom stereocenters. The Bertz CT molecular complexity index is 1390. The Kier molecular flexibility index (Phi) is 6.46. The number of methoxy groups -OCH3 is 1. The van der Waals surface area contributed by atoms with E-state index in [1.54, 1.807) is 18.2 Å². The lowest BCUT2D eigenvalue weighted by atomic mass is 10.2. The van der Waals surface area contributed by atoms with Crippen molar-refractivity contribution in [2.75, 3.05) is 37.9 Å². The maximum absolute atomic E-state index is 12.8. The molecule has 1 saturated heterocycles. The van der Waals surface area contributed by atoms with Gasteiger partial charge in [-0.05, 0) is 50.3 Å². The van der Waals surface area contributed by atoms with Crippen molar-refractivity contribution in [2.45, 2.75) is 12.5 Å². The van der Waals surface area contributed by atoms with Crippen LogP contribution >= 0.6 is 23.2 Å². The molecule has 1 fully saturated rings. The molecule has 0 spiro atoms. The van der Waals surface area contributed by atoms with Gasteiger partial charge < -0.3 is 20.3 Å². The van der Waals surface area contributed by atoms with E-state index in [2.05, 4.69) is 42.3 Å². The molecule has 0 bridgehead atoms. The van der Waals surface area contributed by atoms with Crippen molar-refractivity contribution < 1.29 is 9.53 Å². The van der Waals surface area contributed by atoms with Crippen molar-refractivity contribution in [1.82, 2.24) is 24.6 Å². The monoisotopic (exact) mass is 511 g/mol. The Hall–Kier alpha value is -3.40. The summed E-state index contributed by atoms with van der Waals surface area (Å²) >= 11 is 12.3. The minimum absolute atomic E-state index is 0.113. The SMILES string of the molecule is COc1nc(Nc2ccc3c(cnn3C3CCN(C)C3)c2)ncc1C(=O)Nc1c(Cl)cccc1Cl. The fourth-order valence-corrected chi connectivity index (χ4v) is 4.69. The number of rotatable bonds is 6. The number of likely N-dealkylation sites (tertiary alicyclic amines) is 1. The molecule has 0 radical (unpaired) electrons. The molecule has 11 heteroatoms. The van der Waals surface area contributed by atoms with Crippen molar-refractivity contribution in [3.63, 3.8) is 0 Å². The minimum atomic E-state index is -0.491. The predicted molar refractivity (Wildman–Crippen MR) is 137 cm³/mol. The van der Waals surface area contributed by atoms with Crippen LogP contribution < -0.4 is 15.4 Å². The first-order valence-electron chi connectivity index (χ1n) is 11.0. The summed E-state index contributed by atoms with van der Waals surface area (Å²) in [7, 11) is 3.56. The van der Waals surface area contributed by atoms with Gasteiger partial charge in [0.1, 0.15) is 5.56 Å². The molecule has 35 heavy (non-hydrogen) atoms. The quantitative estimate of drug-likeness (QED) is 0.375. The number of hydrogen-bond acceptors (Lipinski definition) is 7. The van der Waals surface area contributed by atoms with Crippen molar-refractivity contribution in [3.8, 4) is 5.88 Å². The first kappa shape index (κ1) is 23.3. The lowest BCUT2D eigenvalue weighted by Gasteiger charge is -2.13. The summed E-state index contributed by atoms with van der Waals surface area (Å²) in [4.78, 5) is 23.8. The average Bonchev–Trinajstić information content (AvgIpc) is 3.46. The number of nitrogens with one attached hydrogen (secondary N) is 2. The molecule has 0 saturated carbocycles. The van der Waals surface area contributed by atoms with E-state index in [1.165, 1.54) is 13.3 Å². The van der Waals surface area contributed by atoms with Gasteiger partial charge in [0.2, 0.25) is 11.8 Å².